The number of hydrogen-bond acceptors (Lipinski definition) is 4. The highest BCUT2D eigenvalue weighted by molar-refractivity contribution is 6.55. The lowest BCUT2D eigenvalue weighted by molar-refractivity contribution is -0.120. The Balaban J connectivity index is 2.16. The molecule has 7 heteroatoms. The van der Waals surface area contributed by atoms with Crippen molar-refractivity contribution in [2.45, 2.75) is 52.0 Å². The predicted octanol–water partition coefficient (Wildman–Crippen LogP) is 4.71. The molecular weight excluding hydrogens is 347 g/mol. The number of aromatic nitrogens is 2. The first-order valence-corrected chi connectivity index (χ1v) is 8.87. The van der Waals surface area contributed by atoms with Gasteiger partial charge in [-0.05, 0) is 19.3 Å². The molecule has 0 amide bonds. The molecule has 1 saturated carbocycles. The topological polar surface area (TPSA) is 71.0 Å². The molecule has 0 aromatic carbocycles. The molecule has 1 aromatic rings. The van der Waals surface area contributed by atoms with Gasteiger partial charge in [0.25, 0.3) is 0 Å². The lowest BCUT2D eigenvalue weighted by atomic mass is 10.0. The summed E-state index contributed by atoms with van der Waals surface area (Å²) in [5.74, 6) is 0.552. The number of ketones is 1. The molecule has 1 heterocycles. The number of unbranched alkanes of at least 4 members (excludes halogenated alkanes) is 2. The largest absolute Gasteiger partial charge is 0.299 e. The Morgan fingerprint density at radius 1 is 1.54 bits per heavy atom. The zero-order valence-corrected chi connectivity index (χ0v) is 15.1. The molecule has 0 aliphatic heterocycles. The maximum atomic E-state index is 12.1. The summed E-state index contributed by atoms with van der Waals surface area (Å²) in [5.41, 5.74) is 1.23. The molecule has 0 N–H and O–H groups in total. The van der Waals surface area contributed by atoms with E-state index < -0.39 is 0 Å². The maximum Gasteiger partial charge on any atom is 0.168 e. The Kier molecular flexibility index (Phi) is 7.01. The van der Waals surface area contributed by atoms with E-state index in [2.05, 4.69) is 23.1 Å². The lowest BCUT2D eigenvalue weighted by Crippen LogP contribution is -2.04. The number of carbonyl (C=O) groups is 1. The second-order valence-corrected chi connectivity index (χ2v) is 6.88. The van der Waals surface area contributed by atoms with Crippen molar-refractivity contribution in [1.82, 2.24) is 9.78 Å². The summed E-state index contributed by atoms with van der Waals surface area (Å²) in [6, 6.07) is 2.12. The van der Waals surface area contributed by atoms with Crippen LogP contribution in [-0.2, 0) is 11.3 Å². The third-order valence-electron chi connectivity index (χ3n) is 4.04. The third kappa shape index (κ3) is 4.93. The molecule has 0 bridgehead atoms. The number of aryl methyl sites for hydroxylation is 1. The molecule has 1 aromatic heterocycles. The molecule has 1 aliphatic carbocycles. The van der Waals surface area contributed by atoms with Crippen LogP contribution in [0.2, 0.25) is 0 Å². The highest BCUT2D eigenvalue weighted by Crippen LogP contribution is 2.28. The Morgan fingerprint density at radius 2 is 2.33 bits per heavy atom. The third-order valence-corrected chi connectivity index (χ3v) is 4.35. The Labute approximate surface area is 152 Å². The smallest absolute Gasteiger partial charge is 0.168 e. The average molecular weight is 367 g/mol. The number of halogens is 2. The summed E-state index contributed by atoms with van der Waals surface area (Å²) < 4.78 is 1.93. The molecule has 1 unspecified atom stereocenters. The molecule has 5 nitrogen and oxygen atoms in total. The molecule has 0 radical (unpaired) electrons. The molecule has 128 valence electrons. The Hall–Kier alpha value is -1.64. The number of allylic oxidation sites excluding steroid dienone is 1. The Morgan fingerprint density at radius 3 is 3.00 bits per heavy atom. The van der Waals surface area contributed by atoms with Crippen LogP contribution in [0.4, 0.5) is 5.82 Å². The van der Waals surface area contributed by atoms with Crippen molar-refractivity contribution in [2.75, 3.05) is 0 Å². The Bertz CT molecular complexity index is 696. The van der Waals surface area contributed by atoms with Crippen LogP contribution in [0.3, 0.4) is 0 Å². The second kappa shape index (κ2) is 9.00. The van der Waals surface area contributed by atoms with Gasteiger partial charge in [-0.2, -0.15) is 10.4 Å². The zero-order chi connectivity index (χ0) is 17.5. The van der Waals surface area contributed by atoms with Crippen LogP contribution < -0.4 is 0 Å². The molecular formula is C17H20Cl2N4O. The van der Waals surface area contributed by atoms with Crippen LogP contribution in [-0.4, -0.2) is 21.3 Å². The molecule has 24 heavy (non-hydrogen) atoms. The number of rotatable bonds is 7. The van der Waals surface area contributed by atoms with Crippen LogP contribution in [0, 0.1) is 17.2 Å². The summed E-state index contributed by atoms with van der Waals surface area (Å²) in [5, 5.41) is 13.5. The predicted molar refractivity (Wildman–Crippen MR) is 95.7 cm³/mol. The first kappa shape index (κ1) is 18.7. The van der Waals surface area contributed by atoms with Gasteiger partial charge in [0.05, 0.1) is 6.20 Å². The number of nitrogens with zero attached hydrogens (tertiary/aromatic N) is 4. The van der Waals surface area contributed by atoms with Crippen LogP contribution in [0.1, 0.15) is 51.0 Å². The highest BCUT2D eigenvalue weighted by Gasteiger charge is 2.29. The van der Waals surface area contributed by atoms with E-state index in [1.807, 2.05) is 0 Å². The van der Waals surface area contributed by atoms with Gasteiger partial charge in [-0.15, -0.1) is 0 Å². The lowest BCUT2D eigenvalue weighted by Gasteiger charge is -2.05. The fourth-order valence-corrected chi connectivity index (χ4v) is 2.93. The van der Waals surface area contributed by atoms with Crippen LogP contribution >= 0.6 is 23.2 Å². The fourth-order valence-electron chi connectivity index (χ4n) is 2.75. The summed E-state index contributed by atoms with van der Waals surface area (Å²) in [6.07, 6.45) is 7.78. The zero-order valence-electron chi connectivity index (χ0n) is 13.6. The van der Waals surface area contributed by atoms with Crippen molar-refractivity contribution in [2.24, 2.45) is 10.9 Å². The number of nitriles is 1. The average Bonchev–Trinajstić information content (AvgIpc) is 3.09. The number of hydrogen-bond donors (Lipinski definition) is 0. The van der Waals surface area contributed by atoms with Gasteiger partial charge in [0.2, 0.25) is 0 Å². The van der Waals surface area contributed by atoms with Gasteiger partial charge in [0.1, 0.15) is 21.9 Å². The summed E-state index contributed by atoms with van der Waals surface area (Å²) in [6.45, 7) is 2.86. The van der Waals surface area contributed by atoms with E-state index in [-0.39, 0.29) is 16.2 Å². The van der Waals surface area contributed by atoms with Gasteiger partial charge in [-0.1, -0.05) is 49.0 Å². The van der Waals surface area contributed by atoms with Crippen LogP contribution in [0.5, 0.6) is 0 Å². The van der Waals surface area contributed by atoms with Crippen molar-refractivity contribution >= 4 is 40.5 Å². The van der Waals surface area contributed by atoms with E-state index in [0.717, 1.165) is 31.5 Å². The van der Waals surface area contributed by atoms with Crippen molar-refractivity contribution in [3.8, 4) is 6.07 Å². The first-order chi connectivity index (χ1) is 11.5. The first-order valence-electron chi connectivity index (χ1n) is 8.11. The van der Waals surface area contributed by atoms with Gasteiger partial charge in [-0.25, -0.2) is 9.67 Å². The van der Waals surface area contributed by atoms with Gasteiger partial charge >= 0.3 is 0 Å². The minimum Gasteiger partial charge on any atom is -0.299 e. The molecule has 2 rings (SSSR count). The van der Waals surface area contributed by atoms with Crippen molar-refractivity contribution in [3.63, 3.8) is 0 Å². The van der Waals surface area contributed by atoms with E-state index >= 15 is 0 Å². The van der Waals surface area contributed by atoms with E-state index in [0.29, 0.717) is 30.6 Å². The number of carbonyl (C=O) groups excluding carboxylic acids is 1. The molecule has 0 spiro atoms. The second-order valence-electron chi connectivity index (χ2n) is 5.88. The van der Waals surface area contributed by atoms with Gasteiger partial charge in [0.15, 0.2) is 5.82 Å². The van der Waals surface area contributed by atoms with Crippen molar-refractivity contribution < 1.29 is 4.79 Å². The summed E-state index contributed by atoms with van der Waals surface area (Å²) >= 11 is 11.2. The molecule has 1 atom stereocenters. The minimum absolute atomic E-state index is 0.134. The molecule has 0 saturated heterocycles. The minimum atomic E-state index is -0.141. The van der Waals surface area contributed by atoms with E-state index in [9.17, 15) is 10.1 Å². The number of aliphatic imine (C=N–C) groups is 1. The molecule has 1 fully saturated rings. The van der Waals surface area contributed by atoms with Crippen LogP contribution in [0.25, 0.3) is 0 Å². The van der Waals surface area contributed by atoms with Gasteiger partial charge in [-0.3, -0.25) is 4.79 Å². The van der Waals surface area contributed by atoms with E-state index in [1.165, 1.54) is 6.20 Å². The standard InChI is InChI=1S/C17H20Cl2N4O/c1-2-3-4-7-23-17(13(10-20)11-21-23)22-14-8-12(15(24)9-14)5-6-16(18)19/h6,11-12H,2-5,7-9H2,1H3. The van der Waals surface area contributed by atoms with Gasteiger partial charge < -0.3 is 0 Å². The normalized spacial score (nSPS) is 18.8. The monoisotopic (exact) mass is 366 g/mol. The number of Topliss-reactive ketones (excluding diaryl/α,β-unsaturated/α-hetero) is 1. The summed E-state index contributed by atoms with van der Waals surface area (Å²) in [4.78, 5) is 16.7. The highest BCUT2D eigenvalue weighted by atomic mass is 35.5. The van der Waals surface area contributed by atoms with Crippen molar-refractivity contribution in [1.29, 1.82) is 5.26 Å². The molecule has 1 aliphatic rings. The van der Waals surface area contributed by atoms with E-state index in [1.54, 1.807) is 10.8 Å². The summed E-state index contributed by atoms with van der Waals surface area (Å²) in [7, 11) is 0. The van der Waals surface area contributed by atoms with Crippen LogP contribution in [0.15, 0.2) is 21.8 Å². The quantitative estimate of drug-likeness (QED) is 0.656. The fraction of sp³-hybridized carbons (Fsp3) is 0.529. The maximum absolute atomic E-state index is 12.1. The van der Waals surface area contributed by atoms with Crippen molar-refractivity contribution in [3.05, 3.63) is 22.3 Å². The SMILES string of the molecule is CCCCCn1ncc(C#N)c1N=C1CC(=O)C(CC=C(Cl)Cl)C1. The van der Waals surface area contributed by atoms with Gasteiger partial charge in [0, 0.05) is 24.6 Å². The van der Waals surface area contributed by atoms with E-state index in [4.69, 9.17) is 23.2 Å².